The molecule has 9 heteroatoms. The van der Waals surface area contributed by atoms with Crippen LogP contribution in [0, 0.1) is 0 Å². The van der Waals surface area contributed by atoms with Crippen LogP contribution in [0.2, 0.25) is 0 Å². The van der Waals surface area contributed by atoms with E-state index < -0.39 is 0 Å². The number of imidazole rings is 1. The van der Waals surface area contributed by atoms with Crippen LogP contribution in [0.4, 0.5) is 0 Å². The Morgan fingerprint density at radius 1 is 1.17 bits per heavy atom. The van der Waals surface area contributed by atoms with Gasteiger partial charge in [-0.15, -0.1) is 5.10 Å². The van der Waals surface area contributed by atoms with E-state index in [-0.39, 0.29) is 0 Å². The lowest BCUT2D eigenvalue weighted by molar-refractivity contribution is 0.414. The van der Waals surface area contributed by atoms with E-state index in [0.29, 0.717) is 5.75 Å². The summed E-state index contributed by atoms with van der Waals surface area (Å²) in [6, 6.07) is 5.76. The number of nitrogens with zero attached hydrogens (tertiary/aromatic N) is 7. The highest BCUT2D eigenvalue weighted by Crippen LogP contribution is 2.26. The molecule has 0 bridgehead atoms. The molecule has 0 unspecified atom stereocenters. The van der Waals surface area contributed by atoms with E-state index in [1.54, 1.807) is 24.2 Å². The van der Waals surface area contributed by atoms with Crippen molar-refractivity contribution in [2.45, 2.75) is 0 Å². The fraction of sp³-hybridized carbons (Fsp3) is 0.0714. The number of aromatic nitrogens is 7. The summed E-state index contributed by atoms with van der Waals surface area (Å²) >= 11 is 1.39. The molecule has 4 aromatic rings. The minimum atomic E-state index is 0.705. The number of tetrazole rings is 1. The quantitative estimate of drug-likeness (QED) is 0.570. The van der Waals surface area contributed by atoms with E-state index in [9.17, 15) is 0 Å². The first kappa shape index (κ1) is 13.6. The summed E-state index contributed by atoms with van der Waals surface area (Å²) in [6.45, 7) is 0. The second kappa shape index (κ2) is 5.61. The zero-order valence-corrected chi connectivity index (χ0v) is 12.9. The number of methoxy groups -OCH3 is 1. The largest absolute Gasteiger partial charge is 0.497 e. The van der Waals surface area contributed by atoms with Gasteiger partial charge >= 0.3 is 0 Å². The van der Waals surface area contributed by atoms with Crippen molar-refractivity contribution in [2.24, 2.45) is 0 Å². The molecular formula is C14H11N7OS. The van der Waals surface area contributed by atoms with Gasteiger partial charge < -0.3 is 4.74 Å². The Kier molecular flexibility index (Phi) is 3.31. The van der Waals surface area contributed by atoms with Gasteiger partial charge in [0.15, 0.2) is 0 Å². The minimum absolute atomic E-state index is 0.705. The molecule has 0 spiro atoms. The van der Waals surface area contributed by atoms with Crippen LogP contribution in [-0.4, -0.2) is 41.2 Å². The topological polar surface area (TPSA) is 83.5 Å². The van der Waals surface area contributed by atoms with Crippen LogP contribution in [0.1, 0.15) is 0 Å². The first-order chi connectivity index (χ1) is 11.3. The highest BCUT2D eigenvalue weighted by molar-refractivity contribution is 7.03. The van der Waals surface area contributed by atoms with Gasteiger partial charge in [-0.05, 0) is 28.0 Å². The van der Waals surface area contributed by atoms with Gasteiger partial charge in [0.05, 0.1) is 24.7 Å². The van der Waals surface area contributed by atoms with Gasteiger partial charge in [-0.25, -0.2) is 14.0 Å². The van der Waals surface area contributed by atoms with E-state index in [0.717, 1.165) is 22.8 Å². The Morgan fingerprint density at radius 2 is 2.09 bits per heavy atom. The van der Waals surface area contributed by atoms with Crippen molar-refractivity contribution in [3.63, 3.8) is 0 Å². The van der Waals surface area contributed by atoms with Gasteiger partial charge in [-0.2, -0.15) is 0 Å². The standard InChI is InChI=1S/C14H11N7OS/c1-22-13-5-11(4-12(6-13)21-9-16-18-19-21)20-3-2-15-14(20)10-7-17-23-8-10/h2-9H,1H3. The third-order valence-corrected chi connectivity index (χ3v) is 3.92. The summed E-state index contributed by atoms with van der Waals surface area (Å²) in [5, 5.41) is 13.2. The third kappa shape index (κ3) is 2.46. The molecule has 8 nitrogen and oxygen atoms in total. The maximum Gasteiger partial charge on any atom is 0.146 e. The van der Waals surface area contributed by atoms with E-state index in [1.807, 2.05) is 34.3 Å². The Morgan fingerprint density at radius 3 is 2.83 bits per heavy atom. The maximum absolute atomic E-state index is 5.40. The molecule has 23 heavy (non-hydrogen) atoms. The van der Waals surface area contributed by atoms with Crippen LogP contribution in [0.15, 0.2) is 48.5 Å². The van der Waals surface area contributed by atoms with Crippen LogP contribution in [0.5, 0.6) is 5.75 Å². The van der Waals surface area contributed by atoms with Crippen LogP contribution >= 0.6 is 11.5 Å². The third-order valence-electron chi connectivity index (χ3n) is 3.33. The van der Waals surface area contributed by atoms with Gasteiger partial charge in [-0.3, -0.25) is 4.57 Å². The molecule has 3 heterocycles. The van der Waals surface area contributed by atoms with E-state index in [4.69, 9.17) is 4.74 Å². The average Bonchev–Trinajstić information content (AvgIpc) is 3.35. The summed E-state index contributed by atoms with van der Waals surface area (Å²) in [4.78, 5) is 4.42. The molecule has 0 aliphatic carbocycles. The molecule has 3 aromatic heterocycles. The molecule has 0 N–H and O–H groups in total. The van der Waals surface area contributed by atoms with E-state index in [1.165, 1.54) is 17.9 Å². The molecule has 0 amide bonds. The first-order valence-electron chi connectivity index (χ1n) is 6.71. The fourth-order valence-electron chi connectivity index (χ4n) is 2.28. The van der Waals surface area contributed by atoms with Crippen molar-refractivity contribution in [3.8, 4) is 28.5 Å². The average molecular weight is 325 g/mol. The summed E-state index contributed by atoms with van der Waals surface area (Å²) in [5.74, 6) is 1.52. The Labute approximate surface area is 135 Å². The minimum Gasteiger partial charge on any atom is -0.497 e. The second-order valence-corrected chi connectivity index (χ2v) is 5.33. The van der Waals surface area contributed by atoms with Gasteiger partial charge in [0, 0.05) is 35.5 Å². The molecule has 0 aliphatic heterocycles. The van der Waals surface area contributed by atoms with Crippen molar-refractivity contribution >= 4 is 11.5 Å². The Bertz CT molecular complexity index is 915. The number of ether oxygens (including phenoxy) is 1. The van der Waals surface area contributed by atoms with E-state index >= 15 is 0 Å². The SMILES string of the molecule is COc1cc(-n2cnnn2)cc(-n2ccnc2-c2cnsc2)c1. The summed E-state index contributed by atoms with van der Waals surface area (Å²) in [6.07, 6.45) is 6.98. The zero-order valence-electron chi connectivity index (χ0n) is 12.1. The van der Waals surface area contributed by atoms with Crippen molar-refractivity contribution in [2.75, 3.05) is 7.11 Å². The summed E-state index contributed by atoms with van der Waals surface area (Å²) in [7, 11) is 1.63. The van der Waals surface area contributed by atoms with Crippen molar-refractivity contribution in [1.82, 2.24) is 34.1 Å². The summed E-state index contributed by atoms with van der Waals surface area (Å²) < 4.78 is 13.1. The molecule has 114 valence electrons. The molecule has 0 aliphatic rings. The molecule has 0 radical (unpaired) electrons. The zero-order chi connectivity index (χ0) is 15.6. The normalized spacial score (nSPS) is 10.8. The maximum atomic E-state index is 5.40. The van der Waals surface area contributed by atoms with Crippen LogP contribution in [0.25, 0.3) is 22.8 Å². The fourth-order valence-corrected chi connectivity index (χ4v) is 2.79. The van der Waals surface area contributed by atoms with E-state index in [2.05, 4.69) is 24.9 Å². The number of rotatable bonds is 4. The Hall–Kier alpha value is -3.07. The smallest absolute Gasteiger partial charge is 0.146 e. The number of hydrogen-bond acceptors (Lipinski definition) is 7. The predicted molar refractivity (Wildman–Crippen MR) is 83.9 cm³/mol. The highest BCUT2D eigenvalue weighted by atomic mass is 32.1. The van der Waals surface area contributed by atoms with Gasteiger partial charge in [0.1, 0.15) is 17.9 Å². The molecule has 1 aromatic carbocycles. The second-order valence-electron chi connectivity index (χ2n) is 4.68. The molecule has 0 atom stereocenters. The molecule has 4 rings (SSSR count). The van der Waals surface area contributed by atoms with Crippen molar-refractivity contribution in [3.05, 3.63) is 48.5 Å². The van der Waals surface area contributed by atoms with Gasteiger partial charge in [0.2, 0.25) is 0 Å². The lowest BCUT2D eigenvalue weighted by Crippen LogP contribution is -2.01. The molecule has 0 saturated carbocycles. The van der Waals surface area contributed by atoms with Gasteiger partial charge in [0.25, 0.3) is 0 Å². The van der Waals surface area contributed by atoms with Crippen molar-refractivity contribution in [1.29, 1.82) is 0 Å². The molecule has 0 fully saturated rings. The van der Waals surface area contributed by atoms with Crippen LogP contribution in [-0.2, 0) is 0 Å². The predicted octanol–water partition coefficient (Wildman–Crippen LogP) is 1.98. The van der Waals surface area contributed by atoms with Crippen LogP contribution < -0.4 is 4.74 Å². The van der Waals surface area contributed by atoms with Crippen molar-refractivity contribution < 1.29 is 4.74 Å². The first-order valence-corrected chi connectivity index (χ1v) is 7.55. The molecule has 0 saturated heterocycles. The van der Waals surface area contributed by atoms with Gasteiger partial charge in [-0.1, -0.05) is 0 Å². The monoisotopic (exact) mass is 325 g/mol. The molecular weight excluding hydrogens is 314 g/mol. The number of benzene rings is 1. The number of hydrogen-bond donors (Lipinski definition) is 0. The highest BCUT2D eigenvalue weighted by Gasteiger charge is 2.12. The Balaban J connectivity index is 1.87. The lowest BCUT2D eigenvalue weighted by Gasteiger charge is -2.11. The summed E-state index contributed by atoms with van der Waals surface area (Å²) in [5.41, 5.74) is 2.66. The van der Waals surface area contributed by atoms with Crippen LogP contribution in [0.3, 0.4) is 0 Å². The lowest BCUT2D eigenvalue weighted by atomic mass is 10.2.